The lowest BCUT2D eigenvalue weighted by Gasteiger charge is -2.42. The van der Waals surface area contributed by atoms with Crippen LogP contribution in [0.25, 0.3) is 11.1 Å². The molecule has 17 bridgehead atoms. The van der Waals surface area contributed by atoms with E-state index in [1.54, 1.807) is 14.1 Å². The molecule has 1 fully saturated rings. The monoisotopic (exact) mass is 1640 g/mol. The van der Waals surface area contributed by atoms with Gasteiger partial charge < -0.3 is 122 Å². The number of carbonyl (C=O) groups is 8. The summed E-state index contributed by atoms with van der Waals surface area (Å²) >= 11 is 14.2. The average molecular weight is 1640 g/mol. The molecule has 32 nitrogen and oxygen atoms in total. The maximum Gasteiger partial charge on any atom is 0.248 e. The van der Waals surface area contributed by atoms with Crippen LogP contribution < -0.4 is 66.8 Å². The minimum atomic E-state index is -2.32. The Balaban J connectivity index is 1.08. The first-order chi connectivity index (χ1) is 55.4. The molecule has 616 valence electrons. The van der Waals surface area contributed by atoms with Crippen molar-refractivity contribution < 1.29 is 108 Å². The van der Waals surface area contributed by atoms with E-state index in [0.717, 1.165) is 92.8 Å². The summed E-state index contributed by atoms with van der Waals surface area (Å²) in [6.45, 7) is 3.91. The zero-order valence-corrected chi connectivity index (χ0v) is 65.3. The van der Waals surface area contributed by atoms with Gasteiger partial charge >= 0.3 is 0 Å². The molecular formula is C82H92Cl2N10O22. The molecule has 0 spiro atoms. The van der Waals surface area contributed by atoms with Crippen molar-refractivity contribution in [1.29, 1.82) is 0 Å². The third-order valence-electron chi connectivity index (χ3n) is 20.7. The van der Waals surface area contributed by atoms with Gasteiger partial charge in [0.15, 0.2) is 23.0 Å². The summed E-state index contributed by atoms with van der Waals surface area (Å²) in [5.41, 5.74) is -1.82. The van der Waals surface area contributed by atoms with Crippen LogP contribution in [0.15, 0.2) is 115 Å². The molecule has 0 aromatic heterocycles. The highest BCUT2D eigenvalue weighted by Gasteiger charge is 2.48. The average Bonchev–Trinajstić information content (AvgIpc) is 0.761. The number of rotatable bonds is 19. The molecule has 34 heteroatoms. The number of likely N-dealkylation sites (N-methyl/N-ethyl adjacent to an activating group) is 1. The second kappa shape index (κ2) is 36.7. The maximum absolute atomic E-state index is 16.6. The molecule has 18 N–H and O–H groups in total. The van der Waals surface area contributed by atoms with Crippen molar-refractivity contribution in [1.82, 2.24) is 52.8 Å². The first kappa shape index (κ1) is 84.2. The van der Waals surface area contributed by atoms with Gasteiger partial charge in [-0.05, 0) is 153 Å². The van der Waals surface area contributed by atoms with E-state index in [0.29, 0.717) is 37.3 Å². The van der Waals surface area contributed by atoms with Crippen LogP contribution in [0.4, 0.5) is 0 Å². The lowest BCUT2D eigenvalue weighted by Crippen LogP contribution is -2.65. The minimum absolute atomic E-state index is 0.0136. The first-order valence-corrected chi connectivity index (χ1v) is 38.7. The van der Waals surface area contributed by atoms with Crippen molar-refractivity contribution in [3.8, 4) is 80.1 Å². The lowest BCUT2D eigenvalue weighted by molar-refractivity contribution is -0.244. The summed E-state index contributed by atoms with van der Waals surface area (Å²) in [4.78, 5) is 125. The van der Waals surface area contributed by atoms with E-state index in [1.165, 1.54) is 61.6 Å². The number of nitrogens with zero attached hydrogens (tertiary/aromatic N) is 1. The van der Waals surface area contributed by atoms with Crippen LogP contribution in [0.5, 0.6) is 69.0 Å². The highest BCUT2D eigenvalue weighted by Crippen LogP contribution is 2.50. The van der Waals surface area contributed by atoms with Crippen LogP contribution in [0.2, 0.25) is 10.0 Å². The molecular weight excluding hydrogens is 1550 g/mol. The number of phenols is 5. The SMILES string of the molecule is CN[C@@H]1C(=O)N[C@@H]2Cc3ccc(cc3)Oc3cc4cc(c3O[C@@H]3O[C@H](CO)[C@@H](O)[C@H](O)[C@H]3NC(=O)CCCCCCCCC(C)C)Oc3ccc(cc3Cl)[C@@H](O)[C@@H]3NC(=O)[C@H](NC(=O)[C@@H]4NC(=O)[C@@H](NC2=O)c2cc(cc(O)c2Cl)Oc2cc1ccc2O)c1ccc(O)c(c1)-c1c(O)cc(O)cc1[C@@H](C(=O)NCCCN(C)C)NC3=O. The van der Waals surface area contributed by atoms with E-state index in [-0.39, 0.29) is 80.8 Å². The van der Waals surface area contributed by atoms with Gasteiger partial charge in [0.2, 0.25) is 59.3 Å². The van der Waals surface area contributed by atoms with Crippen molar-refractivity contribution >= 4 is 70.5 Å². The van der Waals surface area contributed by atoms with E-state index in [1.807, 2.05) is 4.90 Å². The van der Waals surface area contributed by atoms with Gasteiger partial charge in [-0.25, -0.2) is 0 Å². The molecule has 7 aromatic rings. The number of fused-ring (bicyclic) bond motifs is 14. The predicted molar refractivity (Wildman–Crippen MR) is 419 cm³/mol. The topological polar surface area (TPSA) is 476 Å². The summed E-state index contributed by atoms with van der Waals surface area (Å²) in [6.07, 6.45) is -3.42. The number of hydrogen-bond acceptors (Lipinski definition) is 24. The van der Waals surface area contributed by atoms with Crippen molar-refractivity contribution in [3.63, 3.8) is 0 Å². The van der Waals surface area contributed by atoms with Gasteiger partial charge in [-0.15, -0.1) is 0 Å². The van der Waals surface area contributed by atoms with Crippen molar-refractivity contribution in [3.05, 3.63) is 164 Å². The number of nitrogens with one attached hydrogen (secondary N) is 9. The molecule has 7 aliphatic rings. The van der Waals surface area contributed by atoms with E-state index in [2.05, 4.69) is 61.7 Å². The predicted octanol–water partition coefficient (Wildman–Crippen LogP) is 6.60. The number of unbranched alkanes of at least 4 members (excludes halogenated alkanes) is 5. The highest BCUT2D eigenvalue weighted by atomic mass is 35.5. The van der Waals surface area contributed by atoms with E-state index in [4.69, 9.17) is 46.9 Å². The molecule has 0 radical (unpaired) electrons. The third kappa shape index (κ3) is 19.2. The molecule has 0 saturated carbocycles. The van der Waals surface area contributed by atoms with E-state index < -0.39 is 195 Å². The summed E-state index contributed by atoms with van der Waals surface area (Å²) in [6, 6.07) is 7.82. The van der Waals surface area contributed by atoms with Crippen molar-refractivity contribution in [2.45, 2.75) is 157 Å². The molecule has 116 heavy (non-hydrogen) atoms. The van der Waals surface area contributed by atoms with Crippen LogP contribution in [-0.2, 0) is 49.5 Å². The number of amides is 8. The van der Waals surface area contributed by atoms with Gasteiger partial charge in [-0.2, -0.15) is 0 Å². The molecule has 14 rings (SSSR count). The minimum Gasteiger partial charge on any atom is -0.508 e. The zero-order valence-electron chi connectivity index (χ0n) is 63.8. The Bertz CT molecular complexity index is 4880. The largest absolute Gasteiger partial charge is 0.508 e. The maximum atomic E-state index is 16.6. The second-order valence-electron chi connectivity index (χ2n) is 29.9. The van der Waals surface area contributed by atoms with Gasteiger partial charge in [0.1, 0.15) is 113 Å². The first-order valence-electron chi connectivity index (χ1n) is 38.0. The number of aliphatic hydroxyl groups excluding tert-OH is 4. The van der Waals surface area contributed by atoms with Crippen LogP contribution in [0.1, 0.15) is 147 Å². The number of benzene rings is 7. The van der Waals surface area contributed by atoms with Gasteiger partial charge in [0.05, 0.1) is 16.7 Å². The molecule has 8 amide bonds. The molecule has 7 aliphatic heterocycles. The fourth-order valence-electron chi connectivity index (χ4n) is 14.6. The fraction of sp³-hybridized carbons (Fsp3) is 0.390. The van der Waals surface area contributed by atoms with Gasteiger partial charge in [-0.1, -0.05) is 106 Å². The fourth-order valence-corrected chi connectivity index (χ4v) is 15.0. The van der Waals surface area contributed by atoms with Crippen molar-refractivity contribution in [2.75, 3.05) is 40.8 Å². The number of phenolic OH excluding ortho intramolecular Hbond substituents is 5. The van der Waals surface area contributed by atoms with Crippen molar-refractivity contribution in [2.24, 2.45) is 5.92 Å². The Morgan fingerprint density at radius 2 is 1.23 bits per heavy atom. The smallest absolute Gasteiger partial charge is 0.248 e. The van der Waals surface area contributed by atoms with Crippen LogP contribution in [-0.4, -0.2) is 182 Å². The molecule has 7 aromatic carbocycles. The third-order valence-corrected chi connectivity index (χ3v) is 21.4. The molecule has 7 heterocycles. The summed E-state index contributed by atoms with van der Waals surface area (Å²) in [5.74, 6) is -13.9. The standard InChI is InChI=1S/C82H92Cl2N10O22/c1-38(2)13-10-8-6-7-9-11-14-61(101)88-70-73(104)72(103)60(37-95)115-82(70)116-74-58-31-43-32-59(74)114-56-24-19-42(29-50(56)83)71(102)69-81(111)92-67(76(106)86-25-12-26-94(4)5)48-33-44(96)34-54(99)62(48)47-28-40(17-22-52(47)97)65(78(108)93-69)89-79(109)66(43)90-80(110)68-49-35-46(36-55(100)63(49)84)113-57-30-41(18-23-53(57)98)64(85-3)77(107)87-51(75(105)91-68)27-39-15-20-45(112-58)21-16-39/h15-24,28-36,38,51,60,64-73,82,85,95-100,102-104H,6-14,25-27,37H2,1-5H3,(H,86,106)(H,87,107)(H,88,101)(H,89,109)(H,90,110)(H,91,105)(H,92,111)(H,93,108)/t51-,60-,64+,65-,66-,67+,68+,69+,70-,71-,72-,73-,82+/m1/s1. The number of aliphatic hydroxyl groups is 4. The lowest BCUT2D eigenvalue weighted by atomic mass is 9.89. The van der Waals surface area contributed by atoms with Crippen LogP contribution in [0.3, 0.4) is 0 Å². The Morgan fingerprint density at radius 3 is 1.94 bits per heavy atom. The van der Waals surface area contributed by atoms with E-state index >= 15 is 24.0 Å². The van der Waals surface area contributed by atoms with E-state index in [9.17, 15) is 60.3 Å². The summed E-state index contributed by atoms with van der Waals surface area (Å²) < 4.78 is 32.8. The summed E-state index contributed by atoms with van der Waals surface area (Å²) in [7, 11) is 5.07. The highest BCUT2D eigenvalue weighted by molar-refractivity contribution is 6.33. The normalized spacial score (nSPS) is 23.3. The second-order valence-corrected chi connectivity index (χ2v) is 30.7. The molecule has 0 unspecified atom stereocenters. The van der Waals surface area contributed by atoms with Crippen LogP contribution in [0, 0.1) is 5.92 Å². The van der Waals surface area contributed by atoms with Gasteiger partial charge in [0.25, 0.3) is 0 Å². The molecule has 13 atom stereocenters. The molecule has 1 saturated heterocycles. The number of aromatic hydroxyl groups is 5. The number of carbonyl (C=O) groups excluding carboxylic acids is 8. The van der Waals surface area contributed by atoms with Crippen LogP contribution >= 0.6 is 23.2 Å². The van der Waals surface area contributed by atoms with Gasteiger partial charge in [-0.3, -0.25) is 38.4 Å². The Labute approximate surface area is 676 Å². The number of ether oxygens (including phenoxy) is 5. The molecule has 0 aliphatic carbocycles. The van der Waals surface area contributed by atoms with Gasteiger partial charge in [0, 0.05) is 48.2 Å². The number of halogens is 2. The quantitative estimate of drug-likeness (QED) is 0.0379. The Hall–Kier alpha value is -11.2. The zero-order chi connectivity index (χ0) is 83.1. The summed E-state index contributed by atoms with van der Waals surface area (Å²) in [5, 5.41) is 128. The number of hydrogen-bond donors (Lipinski definition) is 18. The Kier molecular flexibility index (Phi) is 26.7. The Morgan fingerprint density at radius 1 is 0.586 bits per heavy atom.